The van der Waals surface area contributed by atoms with Crippen molar-refractivity contribution in [3.05, 3.63) is 48.4 Å². The fraction of sp³-hybridized carbons (Fsp3) is 0.125. The van der Waals surface area contributed by atoms with E-state index in [9.17, 15) is 0 Å². The van der Waals surface area contributed by atoms with Crippen molar-refractivity contribution in [3.63, 3.8) is 0 Å². The number of methoxy groups -OCH3 is 1. The molecule has 0 fully saturated rings. The van der Waals surface area contributed by atoms with E-state index in [0.29, 0.717) is 16.8 Å². The third kappa shape index (κ3) is 3.23. The van der Waals surface area contributed by atoms with Crippen molar-refractivity contribution < 1.29 is 9.47 Å². The highest BCUT2D eigenvalue weighted by Gasteiger charge is 2.11. The number of benzene rings is 1. The molecule has 6 heteroatoms. The molecule has 112 valence electrons. The van der Waals surface area contributed by atoms with Crippen LogP contribution in [0.3, 0.4) is 0 Å². The van der Waals surface area contributed by atoms with Crippen molar-refractivity contribution in [3.8, 4) is 17.4 Å². The van der Waals surface area contributed by atoms with E-state index in [0.717, 1.165) is 21.7 Å². The summed E-state index contributed by atoms with van der Waals surface area (Å²) in [4.78, 5) is 9.03. The van der Waals surface area contributed by atoms with Crippen molar-refractivity contribution in [2.24, 2.45) is 0 Å². The summed E-state index contributed by atoms with van der Waals surface area (Å²) >= 11 is 3.10. The number of hydrogen-bond acceptors (Lipinski definition) is 6. The number of hydrogen-bond donors (Lipinski definition) is 0. The van der Waals surface area contributed by atoms with Gasteiger partial charge in [-0.05, 0) is 35.7 Å². The van der Waals surface area contributed by atoms with Crippen LogP contribution in [0, 0.1) is 0 Å². The lowest BCUT2D eigenvalue weighted by Gasteiger charge is -2.08. The standard InChI is InChI=1S/C16H14N2O2S2/c1-3-9-22-16-17-13-8-10-21-14(13)15(18-16)20-12-6-4-11(19-2)5-7-12/h3-8,10H,1,9H2,2H3. The summed E-state index contributed by atoms with van der Waals surface area (Å²) in [5, 5.41) is 2.68. The molecule has 0 spiro atoms. The first-order valence-electron chi connectivity index (χ1n) is 6.61. The van der Waals surface area contributed by atoms with Crippen LogP contribution in [0.15, 0.2) is 53.5 Å². The fourth-order valence-corrected chi connectivity index (χ4v) is 3.17. The Kier molecular flexibility index (Phi) is 4.60. The third-order valence-electron chi connectivity index (χ3n) is 2.86. The number of aromatic nitrogens is 2. The maximum Gasteiger partial charge on any atom is 0.241 e. The first-order valence-corrected chi connectivity index (χ1v) is 8.47. The Morgan fingerprint density at radius 3 is 2.68 bits per heavy atom. The molecule has 0 radical (unpaired) electrons. The van der Waals surface area contributed by atoms with E-state index in [-0.39, 0.29) is 0 Å². The van der Waals surface area contributed by atoms with Crippen molar-refractivity contribution in [2.45, 2.75) is 5.16 Å². The summed E-state index contributed by atoms with van der Waals surface area (Å²) in [6.07, 6.45) is 1.83. The topological polar surface area (TPSA) is 44.2 Å². The van der Waals surface area contributed by atoms with Crippen LogP contribution in [0.2, 0.25) is 0 Å². The van der Waals surface area contributed by atoms with E-state index < -0.39 is 0 Å². The third-order valence-corrected chi connectivity index (χ3v) is 4.59. The van der Waals surface area contributed by atoms with Gasteiger partial charge in [0.05, 0.1) is 12.6 Å². The zero-order valence-electron chi connectivity index (χ0n) is 12.0. The predicted octanol–water partition coefficient (Wildman–Crippen LogP) is 4.77. The van der Waals surface area contributed by atoms with Gasteiger partial charge in [-0.1, -0.05) is 17.8 Å². The largest absolute Gasteiger partial charge is 0.497 e. The molecule has 0 amide bonds. The molecule has 0 aliphatic rings. The molecule has 3 rings (SSSR count). The van der Waals surface area contributed by atoms with E-state index in [1.807, 2.05) is 41.8 Å². The van der Waals surface area contributed by atoms with Gasteiger partial charge in [0, 0.05) is 5.75 Å². The van der Waals surface area contributed by atoms with E-state index in [1.54, 1.807) is 18.4 Å². The minimum Gasteiger partial charge on any atom is -0.497 e. The summed E-state index contributed by atoms with van der Waals surface area (Å²) in [7, 11) is 1.64. The second-order valence-electron chi connectivity index (χ2n) is 4.32. The van der Waals surface area contributed by atoms with Gasteiger partial charge >= 0.3 is 0 Å². The average molecular weight is 330 g/mol. The summed E-state index contributed by atoms with van der Waals surface area (Å²) in [5.41, 5.74) is 0.898. The SMILES string of the molecule is C=CCSc1nc(Oc2ccc(OC)cc2)c2sccc2n1. The molecule has 4 nitrogen and oxygen atoms in total. The lowest BCUT2D eigenvalue weighted by Crippen LogP contribution is -1.93. The maximum absolute atomic E-state index is 5.93. The van der Waals surface area contributed by atoms with Crippen molar-refractivity contribution in [1.29, 1.82) is 0 Å². The smallest absolute Gasteiger partial charge is 0.241 e. The number of thioether (sulfide) groups is 1. The van der Waals surface area contributed by atoms with E-state index in [1.165, 1.54) is 11.8 Å². The molecular formula is C16H14N2O2S2. The molecule has 0 N–H and O–H groups in total. The van der Waals surface area contributed by atoms with Crippen molar-refractivity contribution in [1.82, 2.24) is 9.97 Å². The summed E-state index contributed by atoms with van der Waals surface area (Å²) in [6, 6.07) is 9.40. The molecule has 2 heterocycles. The monoisotopic (exact) mass is 330 g/mol. The number of rotatable bonds is 6. The lowest BCUT2D eigenvalue weighted by atomic mass is 10.3. The Bertz CT molecular complexity index is 784. The Hall–Kier alpha value is -2.05. The van der Waals surface area contributed by atoms with Crippen LogP contribution < -0.4 is 9.47 Å². The molecule has 0 unspecified atom stereocenters. The van der Waals surface area contributed by atoms with Crippen molar-refractivity contribution in [2.75, 3.05) is 12.9 Å². The van der Waals surface area contributed by atoms with Crippen molar-refractivity contribution >= 4 is 33.3 Å². The molecule has 0 bridgehead atoms. The van der Waals surface area contributed by atoms with Gasteiger partial charge < -0.3 is 9.47 Å². The average Bonchev–Trinajstić information content (AvgIpc) is 3.02. The number of ether oxygens (including phenoxy) is 2. The van der Waals surface area contributed by atoms with Gasteiger partial charge in [-0.25, -0.2) is 4.98 Å². The van der Waals surface area contributed by atoms with Crippen LogP contribution in [0.1, 0.15) is 0 Å². The highest BCUT2D eigenvalue weighted by molar-refractivity contribution is 7.99. The molecule has 0 aliphatic carbocycles. The van der Waals surface area contributed by atoms with Crippen LogP contribution in [-0.4, -0.2) is 22.8 Å². The number of thiophene rings is 1. The molecule has 0 atom stereocenters. The second kappa shape index (κ2) is 6.81. The van der Waals surface area contributed by atoms with Gasteiger partial charge in [-0.3, -0.25) is 0 Å². The fourth-order valence-electron chi connectivity index (χ4n) is 1.84. The minimum atomic E-state index is 0.580. The summed E-state index contributed by atoms with van der Waals surface area (Å²) in [5.74, 6) is 2.85. The maximum atomic E-state index is 5.93. The van der Waals surface area contributed by atoms with E-state index in [2.05, 4.69) is 16.5 Å². The summed E-state index contributed by atoms with van der Waals surface area (Å²) < 4.78 is 12.0. The van der Waals surface area contributed by atoms with Crippen LogP contribution in [0.4, 0.5) is 0 Å². The lowest BCUT2D eigenvalue weighted by molar-refractivity contribution is 0.412. The highest BCUT2D eigenvalue weighted by Crippen LogP contribution is 2.33. The molecule has 0 saturated heterocycles. The zero-order valence-corrected chi connectivity index (χ0v) is 13.6. The molecule has 0 saturated carbocycles. The molecule has 2 aromatic heterocycles. The first kappa shape index (κ1) is 14.9. The van der Waals surface area contributed by atoms with Crippen LogP contribution in [-0.2, 0) is 0 Å². The van der Waals surface area contributed by atoms with Gasteiger partial charge in [0.25, 0.3) is 0 Å². The van der Waals surface area contributed by atoms with Gasteiger partial charge in [-0.15, -0.1) is 17.9 Å². The second-order valence-corrected chi connectivity index (χ2v) is 6.23. The molecule has 3 aromatic rings. The molecule has 0 aliphatic heterocycles. The van der Waals surface area contributed by atoms with Crippen LogP contribution in [0.5, 0.6) is 17.4 Å². The normalized spacial score (nSPS) is 10.6. The molecular weight excluding hydrogens is 316 g/mol. The Morgan fingerprint density at radius 2 is 1.95 bits per heavy atom. The van der Waals surface area contributed by atoms with Crippen LogP contribution in [0.25, 0.3) is 10.2 Å². The first-order chi connectivity index (χ1) is 10.8. The van der Waals surface area contributed by atoms with Gasteiger partial charge in [0.1, 0.15) is 16.2 Å². The number of nitrogens with zero attached hydrogens (tertiary/aromatic N) is 2. The van der Waals surface area contributed by atoms with Crippen LogP contribution >= 0.6 is 23.1 Å². The summed E-state index contributed by atoms with van der Waals surface area (Å²) in [6.45, 7) is 3.72. The Morgan fingerprint density at radius 1 is 1.18 bits per heavy atom. The van der Waals surface area contributed by atoms with E-state index >= 15 is 0 Å². The van der Waals surface area contributed by atoms with E-state index in [4.69, 9.17) is 9.47 Å². The number of fused-ring (bicyclic) bond motifs is 1. The Labute approximate surface area is 136 Å². The molecule has 1 aromatic carbocycles. The van der Waals surface area contributed by atoms with Gasteiger partial charge in [0.15, 0.2) is 5.16 Å². The zero-order chi connectivity index (χ0) is 15.4. The minimum absolute atomic E-state index is 0.580. The van der Waals surface area contributed by atoms with Gasteiger partial charge in [0.2, 0.25) is 5.88 Å². The van der Waals surface area contributed by atoms with Gasteiger partial charge in [-0.2, -0.15) is 4.98 Å². The molecule has 22 heavy (non-hydrogen) atoms. The highest BCUT2D eigenvalue weighted by atomic mass is 32.2. The Balaban J connectivity index is 1.93. The predicted molar refractivity (Wildman–Crippen MR) is 91.4 cm³/mol. The quantitative estimate of drug-likeness (QED) is 0.370.